The molecular formula is C16H30ClNTi. The van der Waals surface area contributed by atoms with Crippen LogP contribution in [0.4, 0.5) is 0 Å². The van der Waals surface area contributed by atoms with Crippen LogP contribution in [0.1, 0.15) is 64.2 Å². The Kier molecular flexibility index (Phi) is 29.9. The summed E-state index contributed by atoms with van der Waals surface area (Å²) >= 11 is 1.47. The third kappa shape index (κ3) is 20.8. The zero-order valence-corrected chi connectivity index (χ0v) is 15.0. The molecule has 0 bridgehead atoms. The predicted molar refractivity (Wildman–Crippen MR) is 84.6 cm³/mol. The third-order valence-electron chi connectivity index (χ3n) is 2.96. The summed E-state index contributed by atoms with van der Waals surface area (Å²) in [6.07, 6.45) is 18.5. The minimum atomic E-state index is 0. The van der Waals surface area contributed by atoms with Gasteiger partial charge in [0.2, 0.25) is 0 Å². The van der Waals surface area contributed by atoms with Crippen molar-refractivity contribution >= 4 is 9.30 Å². The SMILES string of the molecule is C1CCCC1.C1CCCC1.[CH3-].[CH3-].[Cl][Ti+3].c1cc[n-]c1. The van der Waals surface area contributed by atoms with E-state index in [1.165, 1.54) is 83.6 Å². The molecule has 110 valence electrons. The zero-order chi connectivity index (χ0) is 12.6. The summed E-state index contributed by atoms with van der Waals surface area (Å²) in [6.45, 7) is 0. The number of aromatic nitrogens is 1. The van der Waals surface area contributed by atoms with Gasteiger partial charge in [0.05, 0.1) is 0 Å². The van der Waals surface area contributed by atoms with E-state index in [1.807, 2.05) is 12.1 Å². The van der Waals surface area contributed by atoms with E-state index in [-0.39, 0.29) is 14.9 Å². The molecule has 0 amide bonds. The van der Waals surface area contributed by atoms with E-state index < -0.39 is 0 Å². The van der Waals surface area contributed by atoms with Gasteiger partial charge in [0.25, 0.3) is 0 Å². The molecule has 0 unspecified atom stereocenters. The number of halogens is 1. The van der Waals surface area contributed by atoms with E-state index in [1.54, 1.807) is 12.4 Å². The van der Waals surface area contributed by atoms with Crippen molar-refractivity contribution in [2.75, 3.05) is 0 Å². The molecule has 1 aromatic rings. The Bertz CT molecular complexity index is 152. The van der Waals surface area contributed by atoms with Crippen molar-refractivity contribution in [2.24, 2.45) is 0 Å². The molecular weight excluding hydrogens is 290 g/mol. The van der Waals surface area contributed by atoms with Crippen LogP contribution < -0.4 is 4.98 Å². The minimum Gasteiger partial charge on any atom is -0.670 e. The smallest absolute Gasteiger partial charge is 0.0860 e. The Labute approximate surface area is 137 Å². The fraction of sp³-hybridized carbons (Fsp3) is 0.625. The summed E-state index contributed by atoms with van der Waals surface area (Å²) in [7, 11) is 4.64. The van der Waals surface area contributed by atoms with Crippen LogP contribution >= 0.6 is 9.30 Å². The average molecular weight is 320 g/mol. The Hall–Kier alpha value is 0.284. The molecule has 2 aliphatic rings. The Morgan fingerprint density at radius 1 is 0.579 bits per heavy atom. The first-order valence-electron chi connectivity index (χ1n) is 6.71. The van der Waals surface area contributed by atoms with Gasteiger partial charge in [0, 0.05) is 0 Å². The largest absolute Gasteiger partial charge is 0.670 e. The van der Waals surface area contributed by atoms with E-state index in [0.717, 1.165) is 0 Å². The van der Waals surface area contributed by atoms with Crippen LogP contribution in [0.15, 0.2) is 24.5 Å². The Morgan fingerprint density at radius 3 is 0.895 bits per heavy atom. The third-order valence-corrected chi connectivity index (χ3v) is 2.96. The molecule has 3 rings (SSSR count). The van der Waals surface area contributed by atoms with Crippen molar-refractivity contribution in [3.63, 3.8) is 0 Å². The van der Waals surface area contributed by atoms with E-state index in [9.17, 15) is 0 Å². The molecule has 2 aliphatic carbocycles. The van der Waals surface area contributed by atoms with Gasteiger partial charge in [-0.2, -0.15) is 12.4 Å². The van der Waals surface area contributed by atoms with Crippen LogP contribution in [-0.2, 0) is 19.4 Å². The summed E-state index contributed by atoms with van der Waals surface area (Å²) < 4.78 is 0. The standard InChI is InChI=1S/2C5H10.C4H4N.2CH3.ClH.Ti/c3*1-2-4-5-3-1;;;;/h2*1-5H2;1-4H;2*1H3;1H;/q;;3*-1;;+4/p-1. The second-order valence-corrected chi connectivity index (χ2v) is 4.37. The van der Waals surface area contributed by atoms with Crippen molar-refractivity contribution in [3.8, 4) is 0 Å². The minimum absolute atomic E-state index is 0. The van der Waals surface area contributed by atoms with Crippen molar-refractivity contribution in [2.45, 2.75) is 64.2 Å². The van der Waals surface area contributed by atoms with Gasteiger partial charge in [0.15, 0.2) is 0 Å². The molecule has 1 aromatic heterocycles. The monoisotopic (exact) mass is 319 g/mol. The molecule has 0 saturated heterocycles. The Morgan fingerprint density at radius 2 is 0.789 bits per heavy atom. The average Bonchev–Trinajstić information content (AvgIpc) is 3.16. The molecule has 19 heavy (non-hydrogen) atoms. The van der Waals surface area contributed by atoms with E-state index in [4.69, 9.17) is 0 Å². The second kappa shape index (κ2) is 23.4. The quantitative estimate of drug-likeness (QED) is 0.414. The maximum atomic E-state index is 4.64. The second-order valence-electron chi connectivity index (χ2n) is 4.37. The summed E-state index contributed by atoms with van der Waals surface area (Å²) in [4.78, 5) is 3.72. The molecule has 3 heteroatoms. The van der Waals surface area contributed by atoms with Crippen LogP contribution in [0.25, 0.3) is 0 Å². The molecule has 2 saturated carbocycles. The molecule has 0 radical (unpaired) electrons. The van der Waals surface area contributed by atoms with Crippen LogP contribution in [0.5, 0.6) is 0 Å². The van der Waals surface area contributed by atoms with Gasteiger partial charge < -0.3 is 19.8 Å². The van der Waals surface area contributed by atoms with Gasteiger partial charge in [-0.05, 0) is 0 Å². The normalized spacial score (nSPS) is 15.1. The number of hydrogen-bond donors (Lipinski definition) is 0. The van der Waals surface area contributed by atoms with Gasteiger partial charge in [0.1, 0.15) is 0 Å². The number of rotatable bonds is 0. The van der Waals surface area contributed by atoms with Gasteiger partial charge in [-0.3, -0.25) is 0 Å². The van der Waals surface area contributed by atoms with Crippen molar-refractivity contribution in [3.05, 3.63) is 39.4 Å². The van der Waals surface area contributed by atoms with Crippen LogP contribution in [0.3, 0.4) is 0 Å². The molecule has 1 heterocycles. The summed E-state index contributed by atoms with van der Waals surface area (Å²) in [5, 5.41) is 0. The van der Waals surface area contributed by atoms with Crippen LogP contribution in [-0.4, -0.2) is 0 Å². The molecule has 0 aliphatic heterocycles. The topological polar surface area (TPSA) is 14.1 Å². The van der Waals surface area contributed by atoms with Gasteiger partial charge in [-0.1, -0.05) is 76.3 Å². The van der Waals surface area contributed by atoms with E-state index >= 15 is 0 Å². The molecule has 0 spiro atoms. The fourth-order valence-electron chi connectivity index (χ4n) is 2.02. The van der Waals surface area contributed by atoms with Crippen LogP contribution in [0.2, 0.25) is 0 Å². The predicted octanol–water partition coefficient (Wildman–Crippen LogP) is 6.13. The molecule has 2 fully saturated rings. The number of nitrogens with zero attached hydrogens (tertiary/aromatic N) is 1. The summed E-state index contributed by atoms with van der Waals surface area (Å²) in [6, 6.07) is 3.78. The van der Waals surface area contributed by atoms with Crippen molar-refractivity contribution in [1.82, 2.24) is 4.98 Å². The Balaban J connectivity index is -0.000000181. The summed E-state index contributed by atoms with van der Waals surface area (Å²) in [5.74, 6) is 0. The van der Waals surface area contributed by atoms with E-state index in [0.29, 0.717) is 0 Å². The van der Waals surface area contributed by atoms with Crippen LogP contribution in [0, 0.1) is 14.9 Å². The fourth-order valence-corrected chi connectivity index (χ4v) is 2.02. The zero-order valence-electron chi connectivity index (χ0n) is 12.7. The molecule has 0 N–H and O–H groups in total. The van der Waals surface area contributed by atoms with Crippen molar-refractivity contribution < 1.29 is 19.4 Å². The maximum Gasteiger partial charge on any atom is -0.0860 e. The molecule has 0 aromatic carbocycles. The van der Waals surface area contributed by atoms with Gasteiger partial charge >= 0.3 is 28.7 Å². The van der Waals surface area contributed by atoms with Gasteiger partial charge in [-0.15, -0.1) is 0 Å². The first-order valence-corrected chi connectivity index (χ1v) is 8.85. The number of hydrogen-bond acceptors (Lipinski definition) is 0. The molecule has 0 atom stereocenters. The summed E-state index contributed by atoms with van der Waals surface area (Å²) in [5.41, 5.74) is 0. The van der Waals surface area contributed by atoms with Gasteiger partial charge in [-0.25, -0.2) is 0 Å². The first kappa shape index (κ1) is 24.3. The molecule has 1 nitrogen and oxygen atoms in total. The maximum absolute atomic E-state index is 4.64. The first-order chi connectivity index (χ1) is 8.50. The van der Waals surface area contributed by atoms with E-state index in [2.05, 4.69) is 14.3 Å². The van der Waals surface area contributed by atoms with Crippen molar-refractivity contribution in [1.29, 1.82) is 0 Å².